The molecular weight excluding hydrogens is 156 g/mol. The monoisotopic (exact) mass is 160 g/mol. The van der Waals surface area contributed by atoms with Crippen molar-refractivity contribution in [3.8, 4) is 0 Å². The van der Waals surface area contributed by atoms with Gasteiger partial charge in [0.25, 0.3) is 0 Å². The van der Waals surface area contributed by atoms with Gasteiger partial charge in [0.2, 0.25) is 0 Å². The average molecular weight is 160 g/mol. The predicted molar refractivity (Wildman–Crippen MR) is 14.4 cm³/mol. The van der Waals surface area contributed by atoms with Crippen LogP contribution < -0.4 is 0 Å². The van der Waals surface area contributed by atoms with Crippen LogP contribution in [0.5, 0.6) is 0 Å². The molecule has 0 aromatic heterocycles. The summed E-state index contributed by atoms with van der Waals surface area (Å²) in [6, 6.07) is 0. The third kappa shape index (κ3) is 57.4. The minimum atomic E-state index is -5.25. The van der Waals surface area contributed by atoms with Gasteiger partial charge in [0.1, 0.15) is 0 Å². The Morgan fingerprint density at radius 1 is 1.17 bits per heavy atom. The maximum atomic E-state index is 8.82. The van der Waals surface area contributed by atoms with E-state index in [1.54, 1.807) is 0 Å². The first-order chi connectivity index (χ1) is 2.00. The molecular formula is H4CaCrO4. The molecule has 0 aromatic rings. The molecule has 4 nitrogen and oxygen atoms in total. The Morgan fingerprint density at radius 3 is 1.17 bits per heavy atom. The van der Waals surface area contributed by atoms with E-state index in [4.69, 9.17) is 15.9 Å². The molecule has 0 unspecified atom stereocenters. The molecule has 0 amide bonds. The van der Waals surface area contributed by atoms with E-state index in [1.165, 1.54) is 0 Å². The van der Waals surface area contributed by atoms with Gasteiger partial charge < -0.3 is 0 Å². The van der Waals surface area contributed by atoms with E-state index in [0.29, 0.717) is 0 Å². The van der Waals surface area contributed by atoms with Crippen molar-refractivity contribution in [2.24, 2.45) is 0 Å². The second-order valence-electron chi connectivity index (χ2n) is 0.448. The molecule has 0 aliphatic carbocycles. The second-order valence-corrected chi connectivity index (χ2v) is 1.85. The summed E-state index contributed by atoms with van der Waals surface area (Å²) in [4.78, 5) is 0. The molecule has 0 spiro atoms. The Hall–Kier alpha value is 1.31. The summed E-state index contributed by atoms with van der Waals surface area (Å²) >= 11 is -5.25. The zero-order valence-corrected chi connectivity index (χ0v) is 3.39. The van der Waals surface area contributed by atoms with Crippen molar-refractivity contribution < 1.29 is 29.5 Å². The van der Waals surface area contributed by atoms with Crippen LogP contribution in [0.3, 0.4) is 0 Å². The third-order valence-corrected chi connectivity index (χ3v) is 0. The molecule has 0 fully saturated rings. The van der Waals surface area contributed by atoms with Crippen LogP contribution in [0, 0.1) is 0 Å². The summed E-state index contributed by atoms with van der Waals surface area (Å²) in [5.74, 6) is 0. The Kier molecular flexibility index (Phi) is 5.73. The van der Waals surface area contributed by atoms with Crippen LogP contribution >= 0.6 is 0 Å². The van der Waals surface area contributed by atoms with Crippen molar-refractivity contribution in [3.63, 3.8) is 0 Å². The van der Waals surface area contributed by atoms with Crippen molar-refractivity contribution in [3.05, 3.63) is 0 Å². The molecule has 0 atom stereocenters. The first-order valence-corrected chi connectivity index (χ1v) is 2.88. The first-order valence-electron chi connectivity index (χ1n) is 0.698. The fraction of sp³-hybridized carbons (Fsp3) is 0. The van der Waals surface area contributed by atoms with Crippen molar-refractivity contribution in [2.75, 3.05) is 0 Å². The van der Waals surface area contributed by atoms with E-state index in [-0.39, 0.29) is 37.7 Å². The van der Waals surface area contributed by atoms with Crippen LogP contribution in [0.4, 0.5) is 0 Å². The zero-order valence-electron chi connectivity index (χ0n) is 2.12. The Labute approximate surface area is 66.6 Å². The standard InChI is InChI=1S/Ca.Cr.2H2O.2O.2H/h;;2*1H2;;;;/q;+2;;;;;;/p-2. The van der Waals surface area contributed by atoms with Crippen molar-refractivity contribution in [1.29, 1.82) is 0 Å². The van der Waals surface area contributed by atoms with E-state index in [2.05, 4.69) is 0 Å². The van der Waals surface area contributed by atoms with Crippen LogP contribution in [-0.4, -0.2) is 46.1 Å². The number of hydrogen-bond acceptors (Lipinski definition) is 2. The molecule has 0 aromatic carbocycles. The van der Waals surface area contributed by atoms with E-state index in [9.17, 15) is 0 Å². The van der Waals surface area contributed by atoms with Gasteiger partial charge in [-0.05, 0) is 0 Å². The van der Waals surface area contributed by atoms with Gasteiger partial charge in [-0.15, -0.1) is 0 Å². The van der Waals surface area contributed by atoms with Crippen LogP contribution in [0.2, 0.25) is 0 Å². The summed E-state index contributed by atoms with van der Waals surface area (Å²) in [6.07, 6.45) is 0. The molecule has 0 aliphatic heterocycles. The summed E-state index contributed by atoms with van der Waals surface area (Å²) in [5.41, 5.74) is 0. The number of hydrogen-bond donors (Lipinski definition) is 2. The summed E-state index contributed by atoms with van der Waals surface area (Å²) < 4.78 is 31.9. The molecule has 6 heavy (non-hydrogen) atoms. The van der Waals surface area contributed by atoms with E-state index in [0.717, 1.165) is 0 Å². The van der Waals surface area contributed by atoms with Gasteiger partial charge in [0.05, 0.1) is 0 Å². The van der Waals surface area contributed by atoms with E-state index in [1.807, 2.05) is 0 Å². The predicted octanol–water partition coefficient (Wildman–Crippen LogP) is -2.27. The Bertz CT molecular complexity index is 90.7. The van der Waals surface area contributed by atoms with Gasteiger partial charge in [-0.3, -0.25) is 0 Å². The van der Waals surface area contributed by atoms with E-state index >= 15 is 0 Å². The van der Waals surface area contributed by atoms with Gasteiger partial charge >= 0.3 is 67.3 Å². The topological polar surface area (TPSA) is 74.6 Å². The summed E-state index contributed by atoms with van der Waals surface area (Å²) in [5, 5.41) is 0. The van der Waals surface area contributed by atoms with Crippen molar-refractivity contribution in [1.82, 2.24) is 0 Å². The van der Waals surface area contributed by atoms with Crippen LogP contribution in [0.25, 0.3) is 0 Å². The summed E-state index contributed by atoms with van der Waals surface area (Å²) in [6.45, 7) is 0. The molecule has 0 saturated carbocycles. The Balaban J connectivity index is 0. The minimum absolute atomic E-state index is 0. The SMILES string of the molecule is [CaH2].[O]=[Cr](=[O])([OH])[OH]. The van der Waals surface area contributed by atoms with Gasteiger partial charge in [-0.2, -0.15) is 0 Å². The first kappa shape index (κ1) is 10.3. The molecule has 6 heteroatoms. The molecule has 0 saturated heterocycles. The van der Waals surface area contributed by atoms with Crippen LogP contribution in [0.1, 0.15) is 0 Å². The van der Waals surface area contributed by atoms with Crippen LogP contribution in [0.15, 0.2) is 0 Å². The molecule has 2 N–H and O–H groups in total. The van der Waals surface area contributed by atoms with Gasteiger partial charge in [-0.1, -0.05) is 0 Å². The maximum absolute atomic E-state index is 8.82. The Morgan fingerprint density at radius 2 is 1.17 bits per heavy atom. The van der Waals surface area contributed by atoms with Crippen LogP contribution in [-0.2, 0) is 21.2 Å². The molecule has 0 aliphatic rings. The normalized spacial score (nSPS) is 9.67. The summed E-state index contributed by atoms with van der Waals surface area (Å²) in [7, 11) is 0. The number of rotatable bonds is 0. The average Bonchev–Trinajstić information content (AvgIpc) is 0.722. The quantitative estimate of drug-likeness (QED) is 0.392. The molecule has 0 rings (SSSR count). The molecule has 0 bridgehead atoms. The van der Waals surface area contributed by atoms with Crippen molar-refractivity contribution in [2.45, 2.75) is 0 Å². The van der Waals surface area contributed by atoms with Gasteiger partial charge in [0.15, 0.2) is 0 Å². The third-order valence-electron chi connectivity index (χ3n) is 0. The fourth-order valence-electron chi connectivity index (χ4n) is 0. The second kappa shape index (κ2) is 3.33. The van der Waals surface area contributed by atoms with E-state index < -0.39 is 13.6 Å². The molecule has 0 radical (unpaired) electrons. The van der Waals surface area contributed by atoms with Crippen molar-refractivity contribution >= 4 is 37.7 Å². The van der Waals surface area contributed by atoms with Gasteiger partial charge in [0, 0.05) is 0 Å². The fourth-order valence-corrected chi connectivity index (χ4v) is 0. The molecule has 0 heterocycles. The van der Waals surface area contributed by atoms with Gasteiger partial charge in [-0.25, -0.2) is 0 Å². The molecule has 36 valence electrons. The zero-order chi connectivity index (χ0) is 4.50.